The topological polar surface area (TPSA) is 50.3 Å². The van der Waals surface area contributed by atoms with Gasteiger partial charge in [0.05, 0.1) is 0 Å². The van der Waals surface area contributed by atoms with Crippen LogP contribution in [0.2, 0.25) is 0 Å². The third kappa shape index (κ3) is 18.8. The fraction of sp³-hybridized carbons (Fsp3) is 1.00. The normalized spacial score (nSPS) is 8.56. The number of nitrogens with one attached hydrogen (secondary N) is 1. The lowest BCUT2D eigenvalue weighted by molar-refractivity contribution is 0.534. The van der Waals surface area contributed by atoms with Crippen molar-refractivity contribution in [3.8, 4) is 0 Å². The van der Waals surface area contributed by atoms with Crippen molar-refractivity contribution >= 4 is 0 Å². The molecular formula is C6H16N3+. The molecule has 0 atom stereocenters. The van der Waals surface area contributed by atoms with Crippen molar-refractivity contribution in [1.82, 2.24) is 4.91 Å². The summed E-state index contributed by atoms with van der Waals surface area (Å²) < 4.78 is 0. The fourth-order valence-electron chi connectivity index (χ4n) is 0.150. The monoisotopic (exact) mass is 130 g/mol. The first-order valence-electron chi connectivity index (χ1n) is 3.15. The van der Waals surface area contributed by atoms with Crippen LogP contribution in [0.25, 0.3) is 0 Å². The van der Waals surface area contributed by atoms with Crippen molar-refractivity contribution in [2.45, 2.75) is 40.2 Å². The molecule has 0 heterocycles. The Bertz CT molecular complexity index is 95.4. The van der Waals surface area contributed by atoms with Gasteiger partial charge in [0.15, 0.2) is 0 Å². The summed E-state index contributed by atoms with van der Waals surface area (Å²) >= 11 is 0. The maximum atomic E-state index is 6.32. The molecule has 3 nitrogen and oxygen atoms in total. The Morgan fingerprint density at radius 2 is 1.56 bits per heavy atom. The molecule has 0 aromatic heterocycles. The summed E-state index contributed by atoms with van der Waals surface area (Å²) in [5.41, 5.74) is 6.14. The maximum absolute atomic E-state index is 6.32. The summed E-state index contributed by atoms with van der Waals surface area (Å²) in [6, 6.07) is 0. The van der Waals surface area contributed by atoms with Gasteiger partial charge < -0.3 is 0 Å². The lowest BCUT2D eigenvalue weighted by Crippen LogP contribution is -2.08. The minimum absolute atomic E-state index is 0.179. The first kappa shape index (κ1) is 11.2. The van der Waals surface area contributed by atoms with Crippen LogP contribution in [0, 0.1) is 5.53 Å². The van der Waals surface area contributed by atoms with E-state index >= 15 is 0 Å². The average Bonchev–Trinajstić information content (AvgIpc) is 1.69. The van der Waals surface area contributed by atoms with E-state index in [2.05, 4.69) is 10.0 Å². The summed E-state index contributed by atoms with van der Waals surface area (Å²) in [6.45, 7) is 9.68. The van der Waals surface area contributed by atoms with Gasteiger partial charge >= 0.3 is 0 Å². The van der Waals surface area contributed by atoms with Gasteiger partial charge in [-0.15, -0.1) is 0 Å². The van der Waals surface area contributed by atoms with Gasteiger partial charge in [0.25, 0.3) is 0 Å². The molecule has 0 saturated carbocycles. The Kier molecular flexibility index (Phi) is 6.75. The molecule has 0 radical (unpaired) electrons. The van der Waals surface area contributed by atoms with Gasteiger partial charge in [0.2, 0.25) is 4.91 Å². The molecule has 0 fully saturated rings. The molecule has 0 unspecified atom stereocenters. The van der Waals surface area contributed by atoms with Crippen molar-refractivity contribution in [2.75, 3.05) is 0 Å². The Morgan fingerprint density at radius 1 is 1.22 bits per heavy atom. The van der Waals surface area contributed by atoms with Crippen molar-refractivity contribution < 1.29 is 0 Å². The minimum atomic E-state index is -0.179. The van der Waals surface area contributed by atoms with E-state index < -0.39 is 0 Å². The van der Waals surface area contributed by atoms with Gasteiger partial charge in [0, 0.05) is 0 Å². The van der Waals surface area contributed by atoms with Crippen molar-refractivity contribution in [2.24, 2.45) is 5.11 Å². The summed E-state index contributed by atoms with van der Waals surface area (Å²) in [5, 5.41) is 3.55. The number of hydrogen-bond donors (Lipinski definition) is 1. The smallest absolute Gasteiger partial charge is 0.0683 e. The molecule has 0 spiro atoms. The van der Waals surface area contributed by atoms with E-state index in [1.165, 1.54) is 0 Å². The van der Waals surface area contributed by atoms with Gasteiger partial charge in [-0.05, 0) is 20.8 Å². The lowest BCUT2D eigenvalue weighted by Gasteiger charge is -1.96. The predicted molar refractivity (Wildman–Crippen MR) is 38.4 cm³/mol. The molecule has 0 aliphatic carbocycles. The van der Waals surface area contributed by atoms with E-state index in [0.29, 0.717) is 0 Å². The molecule has 0 rings (SSSR count). The van der Waals surface area contributed by atoms with Crippen LogP contribution in [-0.2, 0) is 0 Å². The Morgan fingerprint density at radius 3 is 1.56 bits per heavy atom. The van der Waals surface area contributed by atoms with Gasteiger partial charge in [-0.2, -0.15) is 0 Å². The molecule has 0 aromatic carbocycles. The van der Waals surface area contributed by atoms with Gasteiger partial charge in [-0.1, -0.05) is 13.8 Å². The van der Waals surface area contributed by atoms with Crippen LogP contribution in [0.3, 0.4) is 0 Å². The molecule has 0 aromatic rings. The molecule has 0 amide bonds. The first-order valence-corrected chi connectivity index (χ1v) is 3.15. The quantitative estimate of drug-likeness (QED) is 0.386. The second kappa shape index (κ2) is 5.45. The van der Waals surface area contributed by atoms with Crippen molar-refractivity contribution in [3.63, 3.8) is 0 Å². The molecular weight excluding hydrogens is 114 g/mol. The highest BCUT2D eigenvalue weighted by atomic mass is 15.2. The van der Waals surface area contributed by atoms with E-state index in [0.717, 1.165) is 0 Å². The highest BCUT2D eigenvalue weighted by Crippen LogP contribution is 2.02. The molecule has 0 aliphatic rings. The van der Waals surface area contributed by atoms with Gasteiger partial charge in [-0.25, -0.2) is 0 Å². The van der Waals surface area contributed by atoms with Crippen LogP contribution >= 0.6 is 0 Å². The molecule has 0 aliphatic heterocycles. The van der Waals surface area contributed by atoms with Crippen LogP contribution < -0.4 is 4.91 Å². The highest BCUT2D eigenvalue weighted by molar-refractivity contribution is 4.64. The van der Waals surface area contributed by atoms with E-state index in [9.17, 15) is 0 Å². The van der Waals surface area contributed by atoms with E-state index in [4.69, 9.17) is 5.53 Å². The Balaban J connectivity index is 0. The van der Waals surface area contributed by atoms with Crippen LogP contribution in [0.1, 0.15) is 34.6 Å². The number of rotatable bonds is 0. The maximum Gasteiger partial charge on any atom is 0.214 e. The summed E-state index contributed by atoms with van der Waals surface area (Å²) in [6.07, 6.45) is 0. The van der Waals surface area contributed by atoms with Crippen LogP contribution in [0.4, 0.5) is 0 Å². The third-order valence-corrected chi connectivity index (χ3v) is 0.350. The standard InChI is InChI=1S/C4H10N3.C2H6/c1-4(2,3)6-7-5;1-2/h5H,1-3H3;1-2H3/q+1;. The molecule has 1 N–H and O–H groups in total. The zero-order valence-electron chi connectivity index (χ0n) is 6.89. The van der Waals surface area contributed by atoms with Gasteiger partial charge in [0.1, 0.15) is 16.2 Å². The lowest BCUT2D eigenvalue weighted by atomic mass is 10.1. The summed E-state index contributed by atoms with van der Waals surface area (Å²) in [7, 11) is 0. The van der Waals surface area contributed by atoms with Crippen LogP contribution in [0.5, 0.6) is 0 Å². The second-order valence-corrected chi connectivity index (χ2v) is 2.37. The molecule has 0 saturated heterocycles. The summed E-state index contributed by atoms with van der Waals surface area (Å²) in [5.74, 6) is 0. The van der Waals surface area contributed by atoms with Crippen molar-refractivity contribution in [3.05, 3.63) is 0 Å². The molecule has 3 heteroatoms. The van der Waals surface area contributed by atoms with Crippen LogP contribution in [-0.4, -0.2) is 5.54 Å². The predicted octanol–water partition coefficient (Wildman–Crippen LogP) is 2.36. The Hall–Kier alpha value is -0.690. The minimum Gasteiger partial charge on any atom is -0.0683 e. The zero-order chi connectivity index (χ0) is 7.91. The third-order valence-electron chi connectivity index (χ3n) is 0.350. The average molecular weight is 130 g/mol. The zero-order valence-corrected chi connectivity index (χ0v) is 6.89. The highest BCUT2D eigenvalue weighted by Gasteiger charge is 2.12. The SMILES string of the molecule is CC.CC(C)(C)N=[N+]=N. The van der Waals surface area contributed by atoms with E-state index in [1.807, 2.05) is 34.6 Å². The largest absolute Gasteiger partial charge is 0.214 e. The van der Waals surface area contributed by atoms with Crippen molar-refractivity contribution in [1.29, 1.82) is 5.53 Å². The molecule has 54 valence electrons. The fourth-order valence-corrected chi connectivity index (χ4v) is 0.150. The van der Waals surface area contributed by atoms with E-state index in [1.54, 1.807) is 0 Å². The summed E-state index contributed by atoms with van der Waals surface area (Å²) in [4.78, 5) is 2.88. The van der Waals surface area contributed by atoms with Gasteiger partial charge in [-0.3, -0.25) is 0 Å². The Labute approximate surface area is 56.7 Å². The molecule has 9 heavy (non-hydrogen) atoms. The number of nitrogens with zero attached hydrogens (tertiary/aromatic N) is 2. The second-order valence-electron chi connectivity index (χ2n) is 2.37. The molecule has 0 bridgehead atoms. The first-order chi connectivity index (χ1) is 4.06. The number of hydrogen-bond acceptors (Lipinski definition) is 2. The van der Waals surface area contributed by atoms with E-state index in [-0.39, 0.29) is 5.54 Å². The van der Waals surface area contributed by atoms with Crippen LogP contribution in [0.15, 0.2) is 5.11 Å².